The van der Waals surface area contributed by atoms with Gasteiger partial charge in [0.05, 0.1) is 11.4 Å². The zero-order chi connectivity index (χ0) is 26.6. The third-order valence-electron chi connectivity index (χ3n) is 5.71. The fourth-order valence-electron chi connectivity index (χ4n) is 4.00. The van der Waals surface area contributed by atoms with Crippen LogP contribution >= 0.6 is 11.3 Å². The molecule has 8 nitrogen and oxygen atoms in total. The smallest absolute Gasteiger partial charge is 0.486 e. The number of halogens is 3. The third kappa shape index (κ3) is 6.08. The van der Waals surface area contributed by atoms with E-state index in [4.69, 9.17) is 4.74 Å². The molecule has 0 aliphatic carbocycles. The van der Waals surface area contributed by atoms with Crippen molar-refractivity contribution < 1.29 is 37.0 Å². The Kier molecular flexibility index (Phi) is 7.77. The second kappa shape index (κ2) is 11.0. The number of carbonyl (C=O) groups excluding carboxylic acids is 3. The Balaban J connectivity index is 1.45. The first-order valence-corrected chi connectivity index (χ1v) is 12.0. The molecule has 1 aliphatic rings. The number of hydrogen-bond donors (Lipinski definition) is 1. The number of fused-ring (bicyclic) bond motifs is 1. The van der Waals surface area contributed by atoms with Gasteiger partial charge in [-0.05, 0) is 48.4 Å². The summed E-state index contributed by atoms with van der Waals surface area (Å²) in [5.41, 5.74) is 1.75. The summed E-state index contributed by atoms with van der Waals surface area (Å²) in [5.74, 6) is -0.492. The van der Waals surface area contributed by atoms with Crippen molar-refractivity contribution in [2.45, 2.75) is 38.4 Å². The second-order valence-corrected chi connectivity index (χ2v) is 9.18. The van der Waals surface area contributed by atoms with Gasteiger partial charge in [0.1, 0.15) is 35.4 Å². The largest absolute Gasteiger partial charge is 0.573 e. The first kappa shape index (κ1) is 26.1. The maximum absolute atomic E-state index is 13.0. The number of nitrogens with one attached hydrogen (secondary N) is 1. The van der Waals surface area contributed by atoms with Crippen LogP contribution in [-0.2, 0) is 22.7 Å². The molecule has 194 valence electrons. The van der Waals surface area contributed by atoms with Crippen molar-refractivity contribution >= 4 is 29.4 Å². The average molecular weight is 534 g/mol. The topological polar surface area (TPSA) is 97.8 Å². The van der Waals surface area contributed by atoms with Gasteiger partial charge in [-0.3, -0.25) is 9.59 Å². The molecule has 12 heteroatoms. The van der Waals surface area contributed by atoms with Crippen molar-refractivity contribution in [1.82, 2.24) is 15.2 Å². The molecule has 1 aliphatic heterocycles. The average Bonchev–Trinajstić information content (AvgIpc) is 3.47. The van der Waals surface area contributed by atoms with E-state index in [1.54, 1.807) is 24.4 Å². The van der Waals surface area contributed by atoms with E-state index in [2.05, 4.69) is 15.0 Å². The highest BCUT2D eigenvalue weighted by Crippen LogP contribution is 2.34. The number of amides is 2. The molecule has 2 amide bonds. The van der Waals surface area contributed by atoms with E-state index in [1.165, 1.54) is 47.5 Å². The number of carbonyl (C=O) groups is 3. The van der Waals surface area contributed by atoms with Gasteiger partial charge in [-0.2, -0.15) is 0 Å². The minimum Gasteiger partial charge on any atom is -0.486 e. The molecule has 1 unspecified atom stereocenters. The fourth-order valence-corrected chi connectivity index (χ4v) is 4.84. The molecule has 0 saturated heterocycles. The predicted octanol–water partition coefficient (Wildman–Crippen LogP) is 4.34. The highest BCUT2D eigenvalue weighted by Gasteiger charge is 2.37. The van der Waals surface area contributed by atoms with Gasteiger partial charge in [0, 0.05) is 30.8 Å². The molecule has 1 N–H and O–H groups in total. The standard InChI is InChI=1S/C25H22F3N3O5S/c1-29-23(33)19(5-3-11-32)31-13-18-17(24(31)34)4-2-6-20(18)35-14-22-30-12-21(37-22)15-7-9-16(10-8-15)36-25(26,27)28/h2,4,6-12,19H,3,5,13-14H2,1H3,(H,29,33). The van der Waals surface area contributed by atoms with E-state index in [1.807, 2.05) is 0 Å². The van der Waals surface area contributed by atoms with Gasteiger partial charge < -0.3 is 24.5 Å². The van der Waals surface area contributed by atoms with Gasteiger partial charge in [0.25, 0.3) is 5.91 Å². The number of alkyl halides is 3. The minimum absolute atomic E-state index is 0.106. The van der Waals surface area contributed by atoms with Crippen LogP contribution in [0.5, 0.6) is 11.5 Å². The highest BCUT2D eigenvalue weighted by molar-refractivity contribution is 7.15. The summed E-state index contributed by atoms with van der Waals surface area (Å²) in [4.78, 5) is 42.8. The highest BCUT2D eigenvalue weighted by atomic mass is 32.1. The minimum atomic E-state index is -4.76. The quantitative estimate of drug-likeness (QED) is 0.390. The van der Waals surface area contributed by atoms with E-state index in [0.717, 1.165) is 4.88 Å². The molecule has 0 bridgehead atoms. The Hall–Kier alpha value is -3.93. The fraction of sp³-hybridized carbons (Fsp3) is 0.280. The van der Waals surface area contributed by atoms with Crippen LogP contribution in [-0.4, -0.2) is 47.4 Å². The zero-order valence-electron chi connectivity index (χ0n) is 19.6. The number of thiazole rings is 1. The summed E-state index contributed by atoms with van der Waals surface area (Å²) in [7, 11) is 1.48. The van der Waals surface area contributed by atoms with Gasteiger partial charge >= 0.3 is 6.36 Å². The number of aromatic nitrogens is 1. The predicted molar refractivity (Wildman–Crippen MR) is 128 cm³/mol. The first-order valence-electron chi connectivity index (χ1n) is 11.2. The van der Waals surface area contributed by atoms with Crippen molar-refractivity contribution in [2.75, 3.05) is 7.05 Å². The molecule has 2 heterocycles. The summed E-state index contributed by atoms with van der Waals surface area (Å²) in [6, 6.07) is 9.79. The van der Waals surface area contributed by atoms with Crippen LogP contribution in [0.2, 0.25) is 0 Å². The van der Waals surface area contributed by atoms with E-state index in [9.17, 15) is 27.6 Å². The molecule has 37 heavy (non-hydrogen) atoms. The maximum atomic E-state index is 13.0. The van der Waals surface area contributed by atoms with Crippen molar-refractivity contribution in [3.63, 3.8) is 0 Å². The third-order valence-corrected chi connectivity index (χ3v) is 6.73. The molecule has 2 aromatic carbocycles. The summed E-state index contributed by atoms with van der Waals surface area (Å²) in [6.45, 7) is 0.269. The molecule has 0 radical (unpaired) electrons. The molecular weight excluding hydrogens is 511 g/mol. The van der Waals surface area contributed by atoms with Crippen LogP contribution < -0.4 is 14.8 Å². The summed E-state index contributed by atoms with van der Waals surface area (Å²) in [5, 5.41) is 3.17. The second-order valence-electron chi connectivity index (χ2n) is 8.07. The van der Waals surface area contributed by atoms with Crippen LogP contribution in [0.3, 0.4) is 0 Å². The Bertz CT molecular complexity index is 1290. The first-order chi connectivity index (χ1) is 17.7. The molecule has 0 saturated carbocycles. The molecule has 4 rings (SSSR count). The monoisotopic (exact) mass is 533 g/mol. The van der Waals surface area contributed by atoms with Gasteiger partial charge in [-0.1, -0.05) is 6.07 Å². The van der Waals surface area contributed by atoms with Crippen molar-refractivity contribution in [3.05, 3.63) is 64.8 Å². The van der Waals surface area contributed by atoms with Gasteiger partial charge in [-0.25, -0.2) is 4.98 Å². The van der Waals surface area contributed by atoms with Crippen LogP contribution in [0.1, 0.15) is 33.8 Å². The lowest BCUT2D eigenvalue weighted by atomic mass is 10.1. The SMILES string of the molecule is CNC(=O)C(CCC=O)N1Cc2c(OCc3ncc(-c4ccc(OC(F)(F)F)cc4)s3)cccc2C1=O. The maximum Gasteiger partial charge on any atom is 0.573 e. The number of rotatable bonds is 10. The van der Waals surface area contributed by atoms with Crippen molar-refractivity contribution in [3.8, 4) is 21.9 Å². The lowest BCUT2D eigenvalue weighted by Gasteiger charge is -2.25. The van der Waals surface area contributed by atoms with Crippen LogP contribution in [0.15, 0.2) is 48.7 Å². The normalized spacial score (nSPS) is 13.7. The molecule has 1 aromatic heterocycles. The van der Waals surface area contributed by atoms with Crippen LogP contribution in [0.25, 0.3) is 10.4 Å². The van der Waals surface area contributed by atoms with E-state index in [0.29, 0.717) is 33.7 Å². The Labute approximate surface area is 214 Å². The number of likely N-dealkylation sites (N-methyl/N-ethyl adjacent to an activating group) is 1. The summed E-state index contributed by atoms with van der Waals surface area (Å²) < 4.78 is 47.0. The van der Waals surface area contributed by atoms with E-state index >= 15 is 0 Å². The van der Waals surface area contributed by atoms with Crippen LogP contribution in [0.4, 0.5) is 13.2 Å². The van der Waals surface area contributed by atoms with Gasteiger partial charge in [0.2, 0.25) is 5.91 Å². The van der Waals surface area contributed by atoms with E-state index in [-0.39, 0.29) is 43.6 Å². The van der Waals surface area contributed by atoms with Crippen LogP contribution in [0, 0.1) is 0 Å². The summed E-state index contributed by atoms with van der Waals surface area (Å²) in [6.07, 6.45) is -2.08. The van der Waals surface area contributed by atoms with Gasteiger partial charge in [0.15, 0.2) is 0 Å². The molecule has 1 atom stereocenters. The van der Waals surface area contributed by atoms with Gasteiger partial charge in [-0.15, -0.1) is 24.5 Å². The Morgan fingerprint density at radius 2 is 2.00 bits per heavy atom. The molecule has 0 spiro atoms. The molecule has 0 fully saturated rings. The number of nitrogens with zero attached hydrogens (tertiary/aromatic N) is 2. The Morgan fingerprint density at radius 1 is 1.24 bits per heavy atom. The number of hydrogen-bond acceptors (Lipinski definition) is 7. The summed E-state index contributed by atoms with van der Waals surface area (Å²) >= 11 is 1.32. The number of benzene rings is 2. The lowest BCUT2D eigenvalue weighted by Crippen LogP contribution is -2.46. The van der Waals surface area contributed by atoms with Crippen molar-refractivity contribution in [2.24, 2.45) is 0 Å². The number of aldehydes is 1. The van der Waals surface area contributed by atoms with E-state index < -0.39 is 12.4 Å². The zero-order valence-corrected chi connectivity index (χ0v) is 20.4. The molecule has 3 aromatic rings. The lowest BCUT2D eigenvalue weighted by molar-refractivity contribution is -0.274. The van der Waals surface area contributed by atoms with Crippen molar-refractivity contribution in [1.29, 1.82) is 0 Å². The Morgan fingerprint density at radius 3 is 2.68 bits per heavy atom. The number of ether oxygens (including phenoxy) is 2. The molecular formula is C25H22F3N3O5S.